The van der Waals surface area contributed by atoms with Crippen molar-refractivity contribution in [3.05, 3.63) is 0 Å². The minimum Gasteiger partial charge on any atom is -0.356 e. The second kappa shape index (κ2) is 24.1. The molecule has 0 radical (unpaired) electrons. The summed E-state index contributed by atoms with van der Waals surface area (Å²) in [5, 5.41) is 0. The molecule has 0 amide bonds. The van der Waals surface area contributed by atoms with Crippen LogP contribution in [0.5, 0.6) is 0 Å². The molecule has 0 aromatic heterocycles. The second-order valence-electron chi connectivity index (χ2n) is 8.32. The van der Waals surface area contributed by atoms with Crippen LogP contribution in [0.3, 0.4) is 0 Å². The van der Waals surface area contributed by atoms with E-state index < -0.39 is 0 Å². The van der Waals surface area contributed by atoms with Crippen LogP contribution in [0.4, 0.5) is 0 Å². The van der Waals surface area contributed by atoms with Crippen LogP contribution < -0.4 is 0 Å². The fourth-order valence-electron chi connectivity index (χ4n) is 3.73. The minimum atomic E-state index is -0.0227. The molecule has 0 aliphatic carbocycles. The maximum absolute atomic E-state index is 5.90. The van der Waals surface area contributed by atoms with Crippen LogP contribution in [0.15, 0.2) is 0 Å². The number of rotatable bonds is 24. The monoisotopic (exact) mass is 416 g/mol. The van der Waals surface area contributed by atoms with Gasteiger partial charge in [-0.25, -0.2) is 0 Å². The molecule has 0 aromatic rings. The summed E-state index contributed by atoms with van der Waals surface area (Å²) in [5.41, 5.74) is 0. The van der Waals surface area contributed by atoms with Gasteiger partial charge in [-0.15, -0.1) is 0 Å². The second-order valence-corrected chi connectivity index (χ2v) is 8.32. The van der Waals surface area contributed by atoms with E-state index in [4.69, 9.17) is 18.9 Å². The molecule has 0 aromatic carbocycles. The van der Waals surface area contributed by atoms with E-state index in [0.717, 1.165) is 25.9 Å². The Morgan fingerprint density at radius 2 is 0.828 bits per heavy atom. The van der Waals surface area contributed by atoms with Crippen LogP contribution in [-0.4, -0.2) is 40.5 Å². The molecule has 0 fully saturated rings. The van der Waals surface area contributed by atoms with Crippen molar-refractivity contribution < 1.29 is 18.9 Å². The van der Waals surface area contributed by atoms with Gasteiger partial charge in [0.15, 0.2) is 12.6 Å². The van der Waals surface area contributed by atoms with E-state index >= 15 is 0 Å². The van der Waals surface area contributed by atoms with Gasteiger partial charge in [-0.05, 0) is 32.1 Å². The SMILES string of the molecule is CCCCCCCCCC(OC)OCCCCCCCCCCCC(OC)OC. The maximum atomic E-state index is 5.90. The highest BCUT2D eigenvalue weighted by Gasteiger charge is 2.07. The molecule has 0 spiro atoms. The molecule has 1 unspecified atom stereocenters. The van der Waals surface area contributed by atoms with Crippen LogP contribution >= 0.6 is 0 Å². The van der Waals surface area contributed by atoms with E-state index in [2.05, 4.69) is 6.92 Å². The van der Waals surface area contributed by atoms with Gasteiger partial charge >= 0.3 is 0 Å². The number of hydrogen-bond acceptors (Lipinski definition) is 4. The van der Waals surface area contributed by atoms with Crippen molar-refractivity contribution in [2.24, 2.45) is 0 Å². The van der Waals surface area contributed by atoms with Crippen molar-refractivity contribution in [1.82, 2.24) is 0 Å². The largest absolute Gasteiger partial charge is 0.356 e. The van der Waals surface area contributed by atoms with E-state index in [1.165, 1.54) is 96.3 Å². The van der Waals surface area contributed by atoms with Gasteiger partial charge in [0.25, 0.3) is 0 Å². The van der Waals surface area contributed by atoms with Gasteiger partial charge in [0.05, 0.1) is 0 Å². The Morgan fingerprint density at radius 3 is 1.28 bits per heavy atom. The van der Waals surface area contributed by atoms with Crippen LogP contribution in [0.2, 0.25) is 0 Å². The number of unbranched alkanes of at least 4 members (excludes halogenated alkanes) is 14. The van der Waals surface area contributed by atoms with Crippen molar-refractivity contribution in [2.75, 3.05) is 27.9 Å². The molecule has 1 atom stereocenters. The summed E-state index contributed by atoms with van der Waals surface area (Å²) < 4.78 is 21.8. The van der Waals surface area contributed by atoms with E-state index in [-0.39, 0.29) is 12.6 Å². The van der Waals surface area contributed by atoms with Crippen LogP contribution in [0.1, 0.15) is 122 Å². The lowest BCUT2D eigenvalue weighted by molar-refractivity contribution is -0.128. The Kier molecular flexibility index (Phi) is 24.0. The fourth-order valence-corrected chi connectivity index (χ4v) is 3.73. The summed E-state index contributed by atoms with van der Waals surface area (Å²) in [6, 6.07) is 0. The quantitative estimate of drug-likeness (QED) is 0.120. The van der Waals surface area contributed by atoms with E-state index in [1.54, 1.807) is 21.3 Å². The first-order valence-electron chi connectivity index (χ1n) is 12.5. The number of methoxy groups -OCH3 is 3. The smallest absolute Gasteiger partial charge is 0.157 e. The lowest BCUT2D eigenvalue weighted by atomic mass is 10.1. The Labute approximate surface area is 182 Å². The van der Waals surface area contributed by atoms with Gasteiger partial charge in [0, 0.05) is 27.9 Å². The number of hydrogen-bond donors (Lipinski definition) is 0. The highest BCUT2D eigenvalue weighted by Crippen LogP contribution is 2.14. The third kappa shape index (κ3) is 20.9. The average molecular weight is 417 g/mol. The topological polar surface area (TPSA) is 36.9 Å². The normalized spacial score (nSPS) is 12.7. The summed E-state index contributed by atoms with van der Waals surface area (Å²) in [6.45, 7) is 3.11. The molecule has 4 heteroatoms. The number of ether oxygens (including phenoxy) is 4. The molecule has 0 N–H and O–H groups in total. The van der Waals surface area contributed by atoms with E-state index in [1.807, 2.05) is 0 Å². The molecule has 0 aliphatic rings. The molecular weight excluding hydrogens is 364 g/mol. The fraction of sp³-hybridized carbons (Fsp3) is 1.00. The summed E-state index contributed by atoms with van der Waals surface area (Å²) >= 11 is 0. The zero-order valence-electron chi connectivity index (χ0n) is 20.2. The Hall–Kier alpha value is -0.160. The van der Waals surface area contributed by atoms with Crippen molar-refractivity contribution in [3.63, 3.8) is 0 Å². The molecule has 0 rings (SSSR count). The Bertz CT molecular complexity index is 295. The average Bonchev–Trinajstić information content (AvgIpc) is 2.75. The van der Waals surface area contributed by atoms with E-state index in [9.17, 15) is 0 Å². The third-order valence-corrected chi connectivity index (χ3v) is 5.72. The minimum absolute atomic E-state index is 0.00135. The standard InChI is InChI=1S/C25H52O4/c1-5-6-7-8-12-16-19-22-25(28-4)29-23-20-17-14-11-9-10-13-15-18-21-24(26-2)27-3/h24-25H,5-23H2,1-4H3. The molecule has 0 heterocycles. The molecule has 0 saturated heterocycles. The first kappa shape index (κ1) is 28.8. The third-order valence-electron chi connectivity index (χ3n) is 5.72. The predicted octanol–water partition coefficient (Wildman–Crippen LogP) is 7.64. The summed E-state index contributed by atoms with van der Waals surface area (Å²) in [7, 11) is 5.20. The summed E-state index contributed by atoms with van der Waals surface area (Å²) in [5.74, 6) is 0. The summed E-state index contributed by atoms with van der Waals surface area (Å²) in [4.78, 5) is 0. The molecule has 0 bridgehead atoms. The van der Waals surface area contributed by atoms with Crippen LogP contribution in [0.25, 0.3) is 0 Å². The lowest BCUT2D eigenvalue weighted by Gasteiger charge is -2.16. The maximum Gasteiger partial charge on any atom is 0.157 e. The molecule has 4 nitrogen and oxygen atoms in total. The predicted molar refractivity (Wildman–Crippen MR) is 123 cm³/mol. The van der Waals surface area contributed by atoms with Crippen molar-refractivity contribution in [1.29, 1.82) is 0 Å². The first-order valence-corrected chi connectivity index (χ1v) is 12.5. The zero-order valence-corrected chi connectivity index (χ0v) is 20.2. The van der Waals surface area contributed by atoms with Gasteiger partial charge < -0.3 is 18.9 Å². The zero-order chi connectivity index (χ0) is 21.4. The van der Waals surface area contributed by atoms with E-state index in [0.29, 0.717) is 0 Å². The van der Waals surface area contributed by atoms with Crippen LogP contribution in [-0.2, 0) is 18.9 Å². The van der Waals surface area contributed by atoms with Gasteiger partial charge in [-0.1, -0.05) is 90.4 Å². The Balaban J connectivity index is 3.30. The van der Waals surface area contributed by atoms with Gasteiger partial charge in [-0.3, -0.25) is 0 Å². The van der Waals surface area contributed by atoms with Crippen molar-refractivity contribution in [3.8, 4) is 0 Å². The first-order chi connectivity index (χ1) is 14.3. The highest BCUT2D eigenvalue weighted by molar-refractivity contribution is 4.52. The molecule has 29 heavy (non-hydrogen) atoms. The van der Waals surface area contributed by atoms with Gasteiger partial charge in [0.2, 0.25) is 0 Å². The molecular formula is C25H52O4. The van der Waals surface area contributed by atoms with Gasteiger partial charge in [0.1, 0.15) is 0 Å². The lowest BCUT2D eigenvalue weighted by Crippen LogP contribution is -2.16. The Morgan fingerprint density at radius 1 is 0.448 bits per heavy atom. The highest BCUT2D eigenvalue weighted by atomic mass is 16.7. The van der Waals surface area contributed by atoms with Crippen molar-refractivity contribution in [2.45, 2.75) is 135 Å². The van der Waals surface area contributed by atoms with Crippen molar-refractivity contribution >= 4 is 0 Å². The molecule has 0 saturated carbocycles. The van der Waals surface area contributed by atoms with Gasteiger partial charge in [-0.2, -0.15) is 0 Å². The molecule has 176 valence electrons. The summed E-state index contributed by atoms with van der Waals surface area (Å²) in [6.07, 6.45) is 23.0. The molecule has 0 aliphatic heterocycles. The van der Waals surface area contributed by atoms with Crippen LogP contribution in [0, 0.1) is 0 Å².